The molecule has 86 valence electrons. The van der Waals surface area contributed by atoms with Gasteiger partial charge >= 0.3 is 0 Å². The van der Waals surface area contributed by atoms with E-state index in [-0.39, 0.29) is 5.91 Å². The van der Waals surface area contributed by atoms with Crippen LogP contribution in [0.2, 0.25) is 0 Å². The van der Waals surface area contributed by atoms with E-state index in [2.05, 4.69) is 34.2 Å². The Labute approximate surface area is 108 Å². The van der Waals surface area contributed by atoms with Crippen LogP contribution in [0.3, 0.4) is 0 Å². The molecule has 0 aliphatic carbocycles. The van der Waals surface area contributed by atoms with Gasteiger partial charge in [0.1, 0.15) is 5.69 Å². The van der Waals surface area contributed by atoms with Gasteiger partial charge in [0.05, 0.1) is 0 Å². The first-order valence-electron chi connectivity index (χ1n) is 5.40. The standard InChI is InChI=1S/C13H11BrN2O/c1-8-2-3-11-9(4-8)6-16-7-10(14)5-12(16)13(17)15-11/h2-5,7H,6H2,1H3,(H,15,17). The average molecular weight is 291 g/mol. The average Bonchev–Trinajstić information content (AvgIpc) is 2.58. The van der Waals surface area contributed by atoms with Crippen molar-refractivity contribution in [3.05, 3.63) is 51.8 Å². The van der Waals surface area contributed by atoms with Crippen LogP contribution in [0.4, 0.5) is 5.69 Å². The van der Waals surface area contributed by atoms with Crippen LogP contribution >= 0.6 is 15.9 Å². The van der Waals surface area contributed by atoms with Crippen molar-refractivity contribution < 1.29 is 4.79 Å². The number of benzene rings is 1. The highest BCUT2D eigenvalue weighted by atomic mass is 79.9. The van der Waals surface area contributed by atoms with E-state index < -0.39 is 0 Å². The highest BCUT2D eigenvalue weighted by Crippen LogP contribution is 2.26. The molecular formula is C13H11BrN2O. The lowest BCUT2D eigenvalue weighted by Gasteiger charge is -2.07. The van der Waals surface area contributed by atoms with Crippen LogP contribution in [-0.4, -0.2) is 10.5 Å². The lowest BCUT2D eigenvalue weighted by Crippen LogP contribution is -2.12. The van der Waals surface area contributed by atoms with Crippen molar-refractivity contribution in [2.24, 2.45) is 0 Å². The van der Waals surface area contributed by atoms with Crippen molar-refractivity contribution in [1.29, 1.82) is 0 Å². The van der Waals surface area contributed by atoms with Crippen LogP contribution in [0.15, 0.2) is 34.9 Å². The van der Waals surface area contributed by atoms with Crippen LogP contribution < -0.4 is 5.32 Å². The van der Waals surface area contributed by atoms with Crippen molar-refractivity contribution in [2.45, 2.75) is 13.5 Å². The minimum absolute atomic E-state index is 0.0571. The Hall–Kier alpha value is -1.55. The fourth-order valence-corrected chi connectivity index (χ4v) is 2.61. The molecule has 17 heavy (non-hydrogen) atoms. The molecule has 1 N–H and O–H groups in total. The summed E-state index contributed by atoms with van der Waals surface area (Å²) in [5.41, 5.74) is 3.93. The van der Waals surface area contributed by atoms with Gasteiger partial charge in [-0.3, -0.25) is 4.79 Å². The van der Waals surface area contributed by atoms with E-state index in [9.17, 15) is 4.79 Å². The summed E-state index contributed by atoms with van der Waals surface area (Å²) in [6.07, 6.45) is 1.94. The van der Waals surface area contributed by atoms with Crippen LogP contribution in [0, 0.1) is 6.92 Å². The minimum atomic E-state index is -0.0571. The number of amides is 1. The maximum absolute atomic E-state index is 12.0. The number of rotatable bonds is 0. The smallest absolute Gasteiger partial charge is 0.272 e. The molecule has 0 radical (unpaired) electrons. The molecule has 0 saturated heterocycles. The number of aryl methyl sites for hydroxylation is 1. The second-order valence-electron chi connectivity index (χ2n) is 4.29. The van der Waals surface area contributed by atoms with E-state index in [4.69, 9.17) is 0 Å². The molecule has 0 unspecified atom stereocenters. The van der Waals surface area contributed by atoms with Crippen molar-refractivity contribution in [1.82, 2.24) is 4.57 Å². The van der Waals surface area contributed by atoms with E-state index in [0.29, 0.717) is 5.69 Å². The molecule has 0 bridgehead atoms. The fraction of sp³-hybridized carbons (Fsp3) is 0.154. The van der Waals surface area contributed by atoms with Crippen molar-refractivity contribution in [2.75, 3.05) is 5.32 Å². The zero-order valence-corrected chi connectivity index (χ0v) is 10.9. The van der Waals surface area contributed by atoms with Crippen LogP contribution in [0.25, 0.3) is 0 Å². The number of halogens is 1. The molecule has 1 aliphatic heterocycles. The first-order valence-corrected chi connectivity index (χ1v) is 6.19. The molecule has 0 atom stereocenters. The van der Waals surface area contributed by atoms with Crippen molar-refractivity contribution in [3.8, 4) is 0 Å². The molecule has 4 heteroatoms. The SMILES string of the molecule is Cc1ccc2c(c1)Cn1cc(Br)cc1C(=O)N2. The predicted molar refractivity (Wildman–Crippen MR) is 70.4 cm³/mol. The minimum Gasteiger partial charge on any atom is -0.338 e. The zero-order chi connectivity index (χ0) is 12.0. The first kappa shape index (κ1) is 10.6. The predicted octanol–water partition coefficient (Wildman–Crippen LogP) is 3.17. The molecule has 0 spiro atoms. The van der Waals surface area contributed by atoms with Gasteiger partial charge in [-0.25, -0.2) is 0 Å². The Morgan fingerprint density at radius 1 is 1.35 bits per heavy atom. The Kier molecular flexibility index (Phi) is 2.33. The zero-order valence-electron chi connectivity index (χ0n) is 9.33. The maximum Gasteiger partial charge on any atom is 0.272 e. The van der Waals surface area contributed by atoms with Gasteiger partial charge < -0.3 is 9.88 Å². The van der Waals surface area contributed by atoms with Gasteiger partial charge in [0, 0.05) is 22.9 Å². The molecule has 2 heterocycles. The highest BCUT2D eigenvalue weighted by Gasteiger charge is 2.19. The van der Waals surface area contributed by atoms with Crippen molar-refractivity contribution in [3.63, 3.8) is 0 Å². The quantitative estimate of drug-likeness (QED) is 0.794. The van der Waals surface area contributed by atoms with Gasteiger partial charge in [-0.2, -0.15) is 0 Å². The van der Waals surface area contributed by atoms with E-state index >= 15 is 0 Å². The maximum atomic E-state index is 12.0. The third-order valence-corrected chi connectivity index (χ3v) is 3.38. The molecule has 2 aromatic rings. The normalized spacial score (nSPS) is 13.6. The molecule has 1 aromatic heterocycles. The summed E-state index contributed by atoms with van der Waals surface area (Å²) in [4.78, 5) is 12.0. The summed E-state index contributed by atoms with van der Waals surface area (Å²) >= 11 is 3.40. The van der Waals surface area contributed by atoms with Gasteiger partial charge in [-0.1, -0.05) is 17.7 Å². The summed E-state index contributed by atoms with van der Waals surface area (Å²) in [6.45, 7) is 2.77. The molecule has 3 nitrogen and oxygen atoms in total. The summed E-state index contributed by atoms with van der Waals surface area (Å²) in [5.74, 6) is -0.0571. The van der Waals surface area contributed by atoms with Gasteiger partial charge in [0.25, 0.3) is 5.91 Å². The van der Waals surface area contributed by atoms with Gasteiger partial charge in [-0.05, 0) is 40.5 Å². The number of hydrogen-bond donors (Lipinski definition) is 1. The topological polar surface area (TPSA) is 34.0 Å². The van der Waals surface area contributed by atoms with Gasteiger partial charge in [0.15, 0.2) is 0 Å². The second kappa shape index (κ2) is 3.74. The van der Waals surface area contributed by atoms with Crippen molar-refractivity contribution >= 4 is 27.5 Å². The number of nitrogens with one attached hydrogen (secondary N) is 1. The Balaban J connectivity index is 2.16. The molecule has 1 aromatic carbocycles. The number of nitrogens with zero attached hydrogens (tertiary/aromatic N) is 1. The summed E-state index contributed by atoms with van der Waals surface area (Å²) < 4.78 is 2.89. The number of anilines is 1. The first-order chi connectivity index (χ1) is 8.13. The molecule has 0 saturated carbocycles. The number of fused-ring (bicyclic) bond motifs is 2. The Bertz CT molecular complexity index is 616. The Morgan fingerprint density at radius 2 is 2.18 bits per heavy atom. The van der Waals surface area contributed by atoms with Gasteiger partial charge in [-0.15, -0.1) is 0 Å². The van der Waals surface area contributed by atoms with Gasteiger partial charge in [0.2, 0.25) is 0 Å². The van der Waals surface area contributed by atoms with E-state index in [1.807, 2.05) is 29.0 Å². The molecule has 0 fully saturated rings. The second-order valence-corrected chi connectivity index (χ2v) is 5.20. The number of carbonyl (C=O) groups excluding carboxylic acids is 1. The van der Waals surface area contributed by atoms with E-state index in [1.54, 1.807) is 0 Å². The van der Waals surface area contributed by atoms with Crippen LogP contribution in [-0.2, 0) is 6.54 Å². The largest absolute Gasteiger partial charge is 0.338 e. The van der Waals surface area contributed by atoms with Crippen LogP contribution in [0.1, 0.15) is 21.6 Å². The fourth-order valence-electron chi connectivity index (χ4n) is 2.14. The lowest BCUT2D eigenvalue weighted by atomic mass is 10.1. The number of carbonyl (C=O) groups is 1. The number of aromatic nitrogens is 1. The highest BCUT2D eigenvalue weighted by molar-refractivity contribution is 9.10. The van der Waals surface area contributed by atoms with Crippen LogP contribution in [0.5, 0.6) is 0 Å². The third-order valence-electron chi connectivity index (χ3n) is 2.95. The van der Waals surface area contributed by atoms with E-state index in [0.717, 1.165) is 22.3 Å². The number of hydrogen-bond acceptors (Lipinski definition) is 1. The lowest BCUT2D eigenvalue weighted by molar-refractivity contribution is 0.102. The molecule has 1 aliphatic rings. The summed E-state index contributed by atoms with van der Waals surface area (Å²) in [6, 6.07) is 7.92. The molecule has 1 amide bonds. The molecular weight excluding hydrogens is 280 g/mol. The summed E-state index contributed by atoms with van der Waals surface area (Å²) in [5, 5.41) is 2.94. The van der Waals surface area contributed by atoms with E-state index in [1.165, 1.54) is 5.56 Å². The molecule has 3 rings (SSSR count). The summed E-state index contributed by atoms with van der Waals surface area (Å²) in [7, 11) is 0. The monoisotopic (exact) mass is 290 g/mol. The third kappa shape index (κ3) is 1.78. The Morgan fingerprint density at radius 3 is 3.00 bits per heavy atom.